The molecule has 0 radical (unpaired) electrons. The van der Waals surface area contributed by atoms with Crippen molar-refractivity contribution in [1.29, 1.82) is 0 Å². The van der Waals surface area contributed by atoms with Crippen molar-refractivity contribution >= 4 is 22.7 Å². The molecule has 0 spiro atoms. The molecule has 2 heteroatoms. The minimum absolute atomic E-state index is 0.147. The monoisotopic (exact) mass is 300 g/mol. The Labute approximate surface area is 132 Å². The van der Waals surface area contributed by atoms with E-state index in [9.17, 15) is 4.79 Å². The average Bonchev–Trinajstić information content (AvgIpc) is 2.91. The molecule has 1 aliphatic rings. The fourth-order valence-corrected chi connectivity index (χ4v) is 3.28. The molecule has 0 aromatic carbocycles. The average molecular weight is 300 g/mol. The molecule has 0 amide bonds. The lowest BCUT2D eigenvalue weighted by Gasteiger charge is -2.35. The van der Waals surface area contributed by atoms with E-state index in [2.05, 4.69) is 70.9 Å². The van der Waals surface area contributed by atoms with E-state index in [-0.39, 0.29) is 22.5 Å². The van der Waals surface area contributed by atoms with Crippen molar-refractivity contribution in [2.24, 2.45) is 16.7 Å². The molecule has 0 aliphatic heterocycles. The molecule has 1 unspecified atom stereocenters. The Bertz CT molecular complexity index is 606. The summed E-state index contributed by atoms with van der Waals surface area (Å²) in [6.07, 6.45) is 6.08. The fourth-order valence-electron chi connectivity index (χ4n) is 2.56. The number of hydrogen-bond acceptors (Lipinski definition) is 2. The molecular formula is C19H24OS. The number of Topliss-reactive ketones (excluding diaryl/α,β-unsaturated/α-hetero) is 1. The van der Waals surface area contributed by atoms with Crippen LogP contribution in [0.15, 0.2) is 47.9 Å². The van der Waals surface area contributed by atoms with Gasteiger partial charge in [-0.2, -0.15) is 0 Å². The van der Waals surface area contributed by atoms with Crippen LogP contribution in [0.25, 0.3) is 5.57 Å². The zero-order valence-corrected chi connectivity index (χ0v) is 14.4. The third-order valence-electron chi connectivity index (χ3n) is 4.14. The highest BCUT2D eigenvalue weighted by atomic mass is 32.1. The van der Waals surface area contributed by atoms with E-state index in [0.717, 1.165) is 11.1 Å². The molecule has 1 nitrogen and oxygen atoms in total. The lowest BCUT2D eigenvalue weighted by molar-refractivity contribution is -0.120. The third-order valence-corrected chi connectivity index (χ3v) is 5.05. The van der Waals surface area contributed by atoms with E-state index in [1.165, 1.54) is 4.88 Å². The van der Waals surface area contributed by atoms with Crippen molar-refractivity contribution in [3.63, 3.8) is 0 Å². The number of ketones is 1. The molecule has 0 saturated heterocycles. The SMILES string of the molecule is C=CC(C)(C)C1C=C(c2cccs2)C=C(C(C)(C)C)C1=O. The normalized spacial score (nSPS) is 20.0. The summed E-state index contributed by atoms with van der Waals surface area (Å²) in [7, 11) is 0. The van der Waals surface area contributed by atoms with Gasteiger partial charge in [0.15, 0.2) is 5.78 Å². The van der Waals surface area contributed by atoms with Crippen molar-refractivity contribution in [1.82, 2.24) is 0 Å². The van der Waals surface area contributed by atoms with Crippen LogP contribution in [-0.2, 0) is 4.79 Å². The first kappa shape index (κ1) is 16.0. The highest BCUT2D eigenvalue weighted by Crippen LogP contribution is 2.42. The Hall–Kier alpha value is -1.41. The van der Waals surface area contributed by atoms with Crippen LogP contribution in [0, 0.1) is 16.7 Å². The van der Waals surface area contributed by atoms with Gasteiger partial charge in [-0.25, -0.2) is 0 Å². The maximum absolute atomic E-state index is 12.9. The van der Waals surface area contributed by atoms with E-state index < -0.39 is 0 Å². The number of rotatable bonds is 3. The number of thiophene rings is 1. The van der Waals surface area contributed by atoms with Gasteiger partial charge in [-0.05, 0) is 33.9 Å². The molecule has 0 bridgehead atoms. The van der Waals surface area contributed by atoms with Crippen LogP contribution in [0.3, 0.4) is 0 Å². The van der Waals surface area contributed by atoms with Crippen LogP contribution in [0.1, 0.15) is 39.5 Å². The van der Waals surface area contributed by atoms with Gasteiger partial charge < -0.3 is 0 Å². The van der Waals surface area contributed by atoms with Gasteiger partial charge in [0, 0.05) is 16.4 Å². The minimum atomic E-state index is -0.246. The fraction of sp³-hybridized carbons (Fsp3) is 0.421. The molecule has 2 rings (SSSR count). The van der Waals surface area contributed by atoms with Crippen LogP contribution in [0.2, 0.25) is 0 Å². The van der Waals surface area contributed by atoms with Gasteiger partial charge in [0.2, 0.25) is 0 Å². The van der Waals surface area contributed by atoms with E-state index in [1.807, 2.05) is 6.08 Å². The summed E-state index contributed by atoms with van der Waals surface area (Å²) in [4.78, 5) is 14.2. The summed E-state index contributed by atoms with van der Waals surface area (Å²) in [5, 5.41) is 2.07. The summed E-state index contributed by atoms with van der Waals surface area (Å²) in [5.74, 6) is 0.0824. The molecular weight excluding hydrogens is 276 g/mol. The molecule has 0 saturated carbocycles. The van der Waals surface area contributed by atoms with Gasteiger partial charge in [-0.3, -0.25) is 4.79 Å². The van der Waals surface area contributed by atoms with Gasteiger partial charge in [-0.1, -0.05) is 52.8 Å². The highest BCUT2D eigenvalue weighted by molar-refractivity contribution is 7.11. The number of allylic oxidation sites excluding steroid dienone is 5. The lowest BCUT2D eigenvalue weighted by atomic mass is 9.67. The standard InChI is InChI=1S/C19H24OS/c1-7-19(5,6)15-12-13(16-9-8-10-21-16)11-14(17(15)20)18(2,3)4/h7-12,15H,1H2,2-6H3. The zero-order chi connectivity index (χ0) is 15.8. The van der Waals surface area contributed by atoms with Crippen molar-refractivity contribution in [3.05, 3.63) is 52.8 Å². The Morgan fingerprint density at radius 3 is 2.38 bits per heavy atom. The Kier molecular flexibility index (Phi) is 4.12. The molecule has 1 heterocycles. The molecule has 1 aromatic heterocycles. The molecule has 0 fully saturated rings. The van der Waals surface area contributed by atoms with Gasteiger partial charge in [0.05, 0.1) is 0 Å². The zero-order valence-electron chi connectivity index (χ0n) is 13.6. The lowest BCUT2D eigenvalue weighted by Crippen LogP contribution is -2.34. The van der Waals surface area contributed by atoms with E-state index in [4.69, 9.17) is 0 Å². The molecule has 1 aromatic rings. The number of carbonyl (C=O) groups excluding carboxylic acids is 1. The van der Waals surface area contributed by atoms with Crippen LogP contribution < -0.4 is 0 Å². The molecule has 1 aliphatic carbocycles. The van der Waals surface area contributed by atoms with E-state index in [1.54, 1.807) is 11.3 Å². The largest absolute Gasteiger partial charge is 0.294 e. The number of carbonyl (C=O) groups is 1. The first-order chi connectivity index (χ1) is 9.66. The summed E-state index contributed by atoms with van der Waals surface area (Å²) < 4.78 is 0. The van der Waals surface area contributed by atoms with Gasteiger partial charge in [0.1, 0.15) is 0 Å². The summed E-state index contributed by atoms with van der Waals surface area (Å²) in [6, 6.07) is 4.16. The van der Waals surface area contributed by atoms with Crippen LogP contribution in [-0.4, -0.2) is 5.78 Å². The summed E-state index contributed by atoms with van der Waals surface area (Å²) in [6.45, 7) is 14.4. The van der Waals surface area contributed by atoms with Gasteiger partial charge in [0.25, 0.3) is 0 Å². The maximum atomic E-state index is 12.9. The second-order valence-electron chi connectivity index (χ2n) is 7.27. The quantitative estimate of drug-likeness (QED) is 0.672. The summed E-state index contributed by atoms with van der Waals surface area (Å²) in [5.41, 5.74) is 1.68. The number of hydrogen-bond donors (Lipinski definition) is 0. The van der Waals surface area contributed by atoms with Crippen LogP contribution in [0.4, 0.5) is 0 Å². The Balaban J connectivity index is 2.58. The molecule has 21 heavy (non-hydrogen) atoms. The summed E-state index contributed by atoms with van der Waals surface area (Å²) >= 11 is 1.71. The predicted molar refractivity (Wildman–Crippen MR) is 92.3 cm³/mol. The first-order valence-electron chi connectivity index (χ1n) is 7.32. The maximum Gasteiger partial charge on any atom is 0.167 e. The molecule has 112 valence electrons. The Morgan fingerprint density at radius 2 is 1.90 bits per heavy atom. The minimum Gasteiger partial charge on any atom is -0.294 e. The van der Waals surface area contributed by atoms with Crippen LogP contribution >= 0.6 is 11.3 Å². The Morgan fingerprint density at radius 1 is 1.24 bits per heavy atom. The second-order valence-corrected chi connectivity index (χ2v) is 8.22. The smallest absolute Gasteiger partial charge is 0.167 e. The molecule has 0 N–H and O–H groups in total. The van der Waals surface area contributed by atoms with Gasteiger partial charge >= 0.3 is 0 Å². The first-order valence-corrected chi connectivity index (χ1v) is 8.20. The topological polar surface area (TPSA) is 17.1 Å². The van der Waals surface area contributed by atoms with E-state index in [0.29, 0.717) is 0 Å². The van der Waals surface area contributed by atoms with Crippen molar-refractivity contribution in [3.8, 4) is 0 Å². The van der Waals surface area contributed by atoms with Crippen molar-refractivity contribution in [2.75, 3.05) is 0 Å². The van der Waals surface area contributed by atoms with Gasteiger partial charge in [-0.15, -0.1) is 17.9 Å². The predicted octanol–water partition coefficient (Wildman–Crippen LogP) is 5.52. The van der Waals surface area contributed by atoms with Crippen molar-refractivity contribution in [2.45, 2.75) is 34.6 Å². The highest BCUT2D eigenvalue weighted by Gasteiger charge is 2.38. The third kappa shape index (κ3) is 3.11. The second kappa shape index (κ2) is 5.42. The van der Waals surface area contributed by atoms with Crippen LogP contribution in [0.5, 0.6) is 0 Å². The van der Waals surface area contributed by atoms with E-state index >= 15 is 0 Å². The molecule has 1 atom stereocenters. The van der Waals surface area contributed by atoms with Crippen molar-refractivity contribution < 1.29 is 4.79 Å².